The molecule has 3 N–H and O–H groups in total. The van der Waals surface area contributed by atoms with Crippen LogP contribution < -0.4 is 16.0 Å². The van der Waals surface area contributed by atoms with Gasteiger partial charge < -0.3 is 25.3 Å². The van der Waals surface area contributed by atoms with Gasteiger partial charge in [0, 0.05) is 50.9 Å². The number of furan rings is 1. The number of carbonyl (C=O) groups excluding carboxylic acids is 1. The van der Waals surface area contributed by atoms with E-state index in [1.54, 1.807) is 13.1 Å². The van der Waals surface area contributed by atoms with Gasteiger partial charge in [0.15, 0.2) is 11.7 Å². The number of aryl methyl sites for hydroxylation is 1. The Bertz CT molecular complexity index is 595. The van der Waals surface area contributed by atoms with Gasteiger partial charge >= 0.3 is 0 Å². The summed E-state index contributed by atoms with van der Waals surface area (Å²) in [6.07, 6.45) is 4.62. The Balaban J connectivity index is 0.00000364. The van der Waals surface area contributed by atoms with Crippen LogP contribution >= 0.6 is 24.0 Å². The first kappa shape index (κ1) is 23.7. The van der Waals surface area contributed by atoms with E-state index in [-0.39, 0.29) is 29.9 Å². The zero-order valence-electron chi connectivity index (χ0n) is 16.9. The topological polar surface area (TPSA) is 81.9 Å². The van der Waals surface area contributed by atoms with Crippen molar-refractivity contribution in [1.82, 2.24) is 20.9 Å². The van der Waals surface area contributed by atoms with Gasteiger partial charge in [-0.3, -0.25) is 9.79 Å². The number of nitrogens with zero attached hydrogens (tertiary/aromatic N) is 2. The quantitative estimate of drug-likeness (QED) is 0.236. The van der Waals surface area contributed by atoms with Crippen molar-refractivity contribution in [3.63, 3.8) is 0 Å². The maximum Gasteiger partial charge on any atom is 0.287 e. The summed E-state index contributed by atoms with van der Waals surface area (Å²) >= 11 is 0. The molecule has 1 aromatic rings. The molecule has 0 unspecified atom stereocenters. The number of halogens is 1. The molecule has 154 valence electrons. The number of guanidine groups is 1. The maximum atomic E-state index is 12.0. The van der Waals surface area contributed by atoms with Crippen LogP contribution in [0.4, 0.5) is 0 Å². The van der Waals surface area contributed by atoms with Gasteiger partial charge in [-0.15, -0.1) is 24.0 Å². The number of nitrogens with one attached hydrogen (secondary N) is 3. The number of carbonyl (C=O) groups is 1. The third-order valence-electron chi connectivity index (χ3n) is 4.82. The minimum absolute atomic E-state index is 0. The molecule has 0 saturated carbocycles. The molecule has 1 aromatic heterocycles. The van der Waals surface area contributed by atoms with Crippen molar-refractivity contribution < 1.29 is 9.21 Å². The molecule has 0 atom stereocenters. The van der Waals surface area contributed by atoms with Gasteiger partial charge in [-0.1, -0.05) is 0 Å². The van der Waals surface area contributed by atoms with Crippen LogP contribution in [-0.4, -0.2) is 62.1 Å². The fraction of sp³-hybridized carbons (Fsp3) is 0.684. The lowest BCUT2D eigenvalue weighted by Crippen LogP contribution is -2.50. The van der Waals surface area contributed by atoms with Crippen LogP contribution in [0.1, 0.15) is 49.2 Å². The fourth-order valence-corrected chi connectivity index (χ4v) is 3.13. The molecule has 0 bridgehead atoms. The predicted molar refractivity (Wildman–Crippen MR) is 120 cm³/mol. The molecule has 2 rings (SSSR count). The summed E-state index contributed by atoms with van der Waals surface area (Å²) in [6, 6.07) is 2.88. The van der Waals surface area contributed by atoms with E-state index in [1.165, 1.54) is 6.26 Å². The lowest BCUT2D eigenvalue weighted by atomic mass is 10.0. The van der Waals surface area contributed by atoms with Crippen molar-refractivity contribution in [3.05, 3.63) is 23.7 Å². The largest absolute Gasteiger partial charge is 0.459 e. The van der Waals surface area contributed by atoms with Crippen molar-refractivity contribution >= 4 is 35.8 Å². The highest BCUT2D eigenvalue weighted by molar-refractivity contribution is 14.0. The first-order valence-corrected chi connectivity index (χ1v) is 9.54. The van der Waals surface area contributed by atoms with E-state index in [1.807, 2.05) is 6.92 Å². The number of piperidine rings is 1. The molecule has 0 aliphatic carbocycles. The van der Waals surface area contributed by atoms with E-state index in [9.17, 15) is 4.79 Å². The van der Waals surface area contributed by atoms with Crippen LogP contribution in [0.15, 0.2) is 21.7 Å². The van der Waals surface area contributed by atoms with E-state index in [0.29, 0.717) is 24.4 Å². The Morgan fingerprint density at radius 2 is 1.96 bits per heavy atom. The zero-order valence-corrected chi connectivity index (χ0v) is 19.2. The van der Waals surface area contributed by atoms with Crippen LogP contribution in [0.3, 0.4) is 0 Å². The number of hydrogen-bond acceptors (Lipinski definition) is 4. The second-order valence-corrected chi connectivity index (χ2v) is 7.09. The Hall–Kier alpha value is -1.29. The molecule has 1 aliphatic rings. The number of amides is 1. The summed E-state index contributed by atoms with van der Waals surface area (Å²) in [7, 11) is 1.79. The number of likely N-dealkylation sites (tertiary alicyclic amines) is 1. The van der Waals surface area contributed by atoms with Crippen molar-refractivity contribution in [2.45, 2.75) is 52.1 Å². The molecule has 1 fully saturated rings. The average Bonchev–Trinajstić information content (AvgIpc) is 3.06. The van der Waals surface area contributed by atoms with Crippen molar-refractivity contribution in [1.29, 1.82) is 0 Å². The highest BCUT2D eigenvalue weighted by Crippen LogP contribution is 2.12. The second kappa shape index (κ2) is 12.2. The van der Waals surface area contributed by atoms with E-state index in [0.717, 1.165) is 50.4 Å². The van der Waals surface area contributed by atoms with Crippen LogP contribution in [0.5, 0.6) is 0 Å². The fourth-order valence-electron chi connectivity index (χ4n) is 3.13. The lowest BCUT2D eigenvalue weighted by molar-refractivity contribution is 0.0925. The van der Waals surface area contributed by atoms with Crippen LogP contribution in [0.2, 0.25) is 0 Å². The maximum absolute atomic E-state index is 12.0. The molecule has 1 amide bonds. The number of rotatable bonds is 7. The van der Waals surface area contributed by atoms with Crippen LogP contribution in [0.25, 0.3) is 0 Å². The minimum atomic E-state index is -0.160. The van der Waals surface area contributed by atoms with Gasteiger partial charge in [-0.05, 0) is 46.1 Å². The molecule has 0 aromatic carbocycles. The number of hydrogen-bond donors (Lipinski definition) is 3. The monoisotopic (exact) mass is 491 g/mol. The van der Waals surface area contributed by atoms with E-state index >= 15 is 0 Å². The van der Waals surface area contributed by atoms with Gasteiger partial charge in [0.1, 0.15) is 0 Å². The highest BCUT2D eigenvalue weighted by atomic mass is 127. The van der Waals surface area contributed by atoms with Gasteiger partial charge in [0.05, 0.1) is 6.26 Å². The SMILES string of the molecule is CN=C(NCCCNC(=O)c1occc1C)NC1CCN(C(C)C)CC1.I. The van der Waals surface area contributed by atoms with Gasteiger partial charge in [0.2, 0.25) is 0 Å². The van der Waals surface area contributed by atoms with E-state index in [2.05, 4.69) is 39.7 Å². The Labute approximate surface area is 179 Å². The van der Waals surface area contributed by atoms with Gasteiger partial charge in [0.25, 0.3) is 5.91 Å². The highest BCUT2D eigenvalue weighted by Gasteiger charge is 2.21. The first-order valence-electron chi connectivity index (χ1n) is 9.54. The summed E-state index contributed by atoms with van der Waals surface area (Å²) in [5.74, 6) is 1.07. The van der Waals surface area contributed by atoms with Gasteiger partial charge in [-0.2, -0.15) is 0 Å². The average molecular weight is 491 g/mol. The van der Waals surface area contributed by atoms with Crippen molar-refractivity contribution in [2.75, 3.05) is 33.2 Å². The molecule has 0 radical (unpaired) electrons. The molecular formula is C19H34IN5O2. The van der Waals surface area contributed by atoms with E-state index in [4.69, 9.17) is 4.42 Å². The van der Waals surface area contributed by atoms with Crippen LogP contribution in [0, 0.1) is 6.92 Å². The lowest BCUT2D eigenvalue weighted by Gasteiger charge is -2.35. The summed E-state index contributed by atoms with van der Waals surface area (Å²) in [6.45, 7) is 9.97. The van der Waals surface area contributed by atoms with Gasteiger partial charge in [-0.25, -0.2) is 0 Å². The second-order valence-electron chi connectivity index (χ2n) is 7.09. The Morgan fingerprint density at radius 3 is 2.52 bits per heavy atom. The predicted octanol–water partition coefficient (Wildman–Crippen LogP) is 2.36. The molecule has 1 aliphatic heterocycles. The van der Waals surface area contributed by atoms with E-state index < -0.39 is 0 Å². The van der Waals surface area contributed by atoms with Crippen LogP contribution in [-0.2, 0) is 0 Å². The standard InChI is InChI=1S/C19H33N5O2.HI/c1-14(2)24-11-6-16(7-12-24)23-19(20-4)22-10-5-9-21-18(25)17-15(3)8-13-26-17;/h8,13-14,16H,5-7,9-12H2,1-4H3,(H,21,25)(H2,20,22,23);1H. The molecular weight excluding hydrogens is 457 g/mol. The molecule has 1 saturated heterocycles. The smallest absolute Gasteiger partial charge is 0.287 e. The Kier molecular flexibility index (Phi) is 10.8. The Morgan fingerprint density at radius 1 is 1.30 bits per heavy atom. The number of aliphatic imine (C=N–C) groups is 1. The minimum Gasteiger partial charge on any atom is -0.459 e. The first-order chi connectivity index (χ1) is 12.5. The molecule has 2 heterocycles. The molecule has 0 spiro atoms. The normalized spacial score (nSPS) is 16.1. The summed E-state index contributed by atoms with van der Waals surface area (Å²) < 4.78 is 5.19. The summed E-state index contributed by atoms with van der Waals surface area (Å²) in [5.41, 5.74) is 0.855. The molecule has 8 heteroatoms. The summed E-state index contributed by atoms with van der Waals surface area (Å²) in [4.78, 5) is 18.8. The van der Waals surface area contributed by atoms with Crippen molar-refractivity contribution in [2.24, 2.45) is 4.99 Å². The third-order valence-corrected chi connectivity index (χ3v) is 4.82. The summed E-state index contributed by atoms with van der Waals surface area (Å²) in [5, 5.41) is 9.70. The zero-order chi connectivity index (χ0) is 18.9. The van der Waals surface area contributed by atoms with Crippen molar-refractivity contribution in [3.8, 4) is 0 Å². The molecule has 27 heavy (non-hydrogen) atoms. The molecule has 7 nitrogen and oxygen atoms in total. The third kappa shape index (κ3) is 7.69.